The Balaban J connectivity index is 2.11. The van der Waals surface area contributed by atoms with Gasteiger partial charge in [-0.1, -0.05) is 0 Å². The van der Waals surface area contributed by atoms with E-state index in [0.29, 0.717) is 0 Å². The molecule has 2 rings (SSSR count). The number of aromatic nitrogens is 1. The summed E-state index contributed by atoms with van der Waals surface area (Å²) in [6.07, 6.45) is 10.5. The maximum atomic E-state index is 5.15. The molecule has 0 aromatic carbocycles. The van der Waals surface area contributed by atoms with E-state index in [9.17, 15) is 0 Å². The third-order valence-electron chi connectivity index (χ3n) is 6.40. The fourth-order valence-corrected chi connectivity index (χ4v) is 19.8. The Morgan fingerprint density at radius 1 is 0.852 bits per heavy atom. The molecule has 1 aromatic rings. The molecule has 0 atom stereocenters. The summed E-state index contributed by atoms with van der Waals surface area (Å²) in [7, 11) is 2.23. The maximum absolute atomic E-state index is 5.15. The number of hydrogen-bond acceptors (Lipinski definition) is 3. The van der Waals surface area contributed by atoms with Gasteiger partial charge < -0.3 is 0 Å². The number of unbranched alkanes of at least 4 members (excludes halogenated alkanes) is 3. The molecule has 2 heterocycles. The molecule has 1 aromatic heterocycles. The summed E-state index contributed by atoms with van der Waals surface area (Å²) in [5.74, 6) is 0. The van der Waals surface area contributed by atoms with Crippen molar-refractivity contribution in [2.75, 3.05) is 33.2 Å². The number of rotatable bonds is 12. The molecular weight excluding hydrogens is 437 g/mol. The van der Waals surface area contributed by atoms with Crippen LogP contribution in [0, 0.1) is 0 Å². The quantitative estimate of drug-likeness (QED) is 0.398. The van der Waals surface area contributed by atoms with Crippen LogP contribution in [0.15, 0.2) is 18.3 Å². The summed E-state index contributed by atoms with van der Waals surface area (Å²) in [5, 5.41) is 0. The SMILES string of the molecule is CCC[CH2][Sn]([CH2]CCC)([CH2]CCC)[c]1ccc(CN2CCN(C)CC2)cn1. The van der Waals surface area contributed by atoms with Gasteiger partial charge in [-0.05, 0) is 0 Å². The first kappa shape index (κ1) is 23.2. The third-order valence-corrected chi connectivity index (χ3v) is 21.6. The van der Waals surface area contributed by atoms with Crippen LogP contribution < -0.4 is 3.71 Å². The van der Waals surface area contributed by atoms with Crippen LogP contribution in [0.2, 0.25) is 13.3 Å². The second-order valence-electron chi connectivity index (χ2n) is 8.72. The minimum atomic E-state index is -2.35. The van der Waals surface area contributed by atoms with Crippen LogP contribution in [0.3, 0.4) is 0 Å². The van der Waals surface area contributed by atoms with E-state index in [1.807, 2.05) is 0 Å². The summed E-state index contributed by atoms with van der Waals surface area (Å²) < 4.78 is 6.10. The van der Waals surface area contributed by atoms with Crippen molar-refractivity contribution in [1.29, 1.82) is 0 Å². The molecule has 1 saturated heterocycles. The van der Waals surface area contributed by atoms with Crippen molar-refractivity contribution in [3.05, 3.63) is 23.9 Å². The molecule has 0 N–H and O–H groups in total. The van der Waals surface area contributed by atoms with Crippen molar-refractivity contribution < 1.29 is 0 Å². The zero-order valence-corrected chi connectivity index (χ0v) is 21.3. The Kier molecular flexibility index (Phi) is 10.7. The Labute approximate surface area is 172 Å². The molecule has 0 spiro atoms. The van der Waals surface area contributed by atoms with Gasteiger partial charge in [-0.3, -0.25) is 0 Å². The predicted molar refractivity (Wildman–Crippen MR) is 122 cm³/mol. The van der Waals surface area contributed by atoms with Gasteiger partial charge >= 0.3 is 173 Å². The molecule has 1 aliphatic heterocycles. The Morgan fingerprint density at radius 2 is 1.41 bits per heavy atom. The number of pyridine rings is 1. The molecule has 0 amide bonds. The zero-order valence-electron chi connectivity index (χ0n) is 18.5. The van der Waals surface area contributed by atoms with Crippen molar-refractivity contribution in [2.45, 2.75) is 79.2 Å². The van der Waals surface area contributed by atoms with E-state index in [2.05, 4.69) is 55.9 Å². The molecule has 4 heteroatoms. The van der Waals surface area contributed by atoms with E-state index in [1.54, 1.807) is 3.71 Å². The predicted octanol–water partition coefficient (Wildman–Crippen LogP) is 4.89. The van der Waals surface area contributed by atoms with Gasteiger partial charge in [-0.15, -0.1) is 0 Å². The molecule has 1 aliphatic rings. The summed E-state index contributed by atoms with van der Waals surface area (Å²) in [4.78, 5) is 10.2. The van der Waals surface area contributed by atoms with Crippen LogP contribution >= 0.6 is 0 Å². The monoisotopic (exact) mass is 481 g/mol. The first-order chi connectivity index (χ1) is 13.1. The van der Waals surface area contributed by atoms with Gasteiger partial charge in [0.2, 0.25) is 0 Å². The van der Waals surface area contributed by atoms with Crippen molar-refractivity contribution in [1.82, 2.24) is 14.8 Å². The van der Waals surface area contributed by atoms with Gasteiger partial charge in [0, 0.05) is 0 Å². The van der Waals surface area contributed by atoms with Crippen molar-refractivity contribution in [3.8, 4) is 0 Å². The summed E-state index contributed by atoms with van der Waals surface area (Å²) in [6.45, 7) is 12.9. The number of likely N-dealkylation sites (N-methyl/N-ethyl adjacent to an activating group) is 1. The van der Waals surface area contributed by atoms with Crippen LogP contribution in [0.25, 0.3) is 0 Å². The van der Waals surface area contributed by atoms with Crippen LogP contribution in [-0.4, -0.2) is 66.4 Å². The van der Waals surface area contributed by atoms with Crippen molar-refractivity contribution >= 4 is 22.1 Å². The molecule has 0 aliphatic carbocycles. The third kappa shape index (κ3) is 7.32. The van der Waals surface area contributed by atoms with Crippen LogP contribution in [0.5, 0.6) is 0 Å². The molecule has 3 nitrogen and oxygen atoms in total. The zero-order chi connectivity index (χ0) is 19.5. The van der Waals surface area contributed by atoms with Gasteiger partial charge in [0.25, 0.3) is 0 Å². The van der Waals surface area contributed by atoms with Crippen molar-refractivity contribution in [3.63, 3.8) is 0 Å². The topological polar surface area (TPSA) is 19.4 Å². The second kappa shape index (κ2) is 12.4. The molecular formula is C23H43N3Sn. The van der Waals surface area contributed by atoms with Gasteiger partial charge in [0.05, 0.1) is 0 Å². The average Bonchev–Trinajstić information content (AvgIpc) is 2.70. The van der Waals surface area contributed by atoms with E-state index < -0.39 is 18.4 Å². The number of hydrogen-bond donors (Lipinski definition) is 0. The van der Waals surface area contributed by atoms with Crippen LogP contribution in [0.1, 0.15) is 64.9 Å². The van der Waals surface area contributed by atoms with Gasteiger partial charge in [0.15, 0.2) is 0 Å². The standard InChI is InChI=1S/C11H16N3.3C4H9.Sn/c1-13-5-7-14(8-6-13)10-11-3-2-4-12-9-11;3*1-3-4-2;/h2-3,9H,5-8,10H2,1H3;3*1,3-4H2,2H3;. The molecule has 0 saturated carbocycles. The van der Waals surface area contributed by atoms with Gasteiger partial charge in [0.1, 0.15) is 0 Å². The average molecular weight is 480 g/mol. The van der Waals surface area contributed by atoms with Gasteiger partial charge in [-0.25, -0.2) is 0 Å². The second-order valence-corrected chi connectivity index (χ2v) is 21.8. The van der Waals surface area contributed by atoms with Gasteiger partial charge in [-0.2, -0.15) is 0 Å². The molecule has 154 valence electrons. The first-order valence-corrected chi connectivity index (χ1v) is 19.0. The summed E-state index contributed by atoms with van der Waals surface area (Å²) in [6, 6.07) is 4.87. The number of nitrogens with zero attached hydrogens (tertiary/aromatic N) is 3. The normalized spacial score (nSPS) is 16.7. The minimum absolute atomic E-state index is 1.07. The van der Waals surface area contributed by atoms with Crippen LogP contribution in [0.4, 0.5) is 0 Å². The van der Waals surface area contributed by atoms with E-state index in [1.165, 1.54) is 83.6 Å². The Bertz CT molecular complexity index is 487. The molecule has 1 fully saturated rings. The van der Waals surface area contributed by atoms with E-state index >= 15 is 0 Å². The molecule has 0 unspecified atom stereocenters. The van der Waals surface area contributed by atoms with Crippen LogP contribution in [-0.2, 0) is 6.54 Å². The van der Waals surface area contributed by atoms with E-state index in [-0.39, 0.29) is 0 Å². The fourth-order valence-electron chi connectivity index (χ4n) is 4.40. The molecule has 27 heavy (non-hydrogen) atoms. The van der Waals surface area contributed by atoms with E-state index in [4.69, 9.17) is 4.98 Å². The fraction of sp³-hybridized carbons (Fsp3) is 0.783. The summed E-state index contributed by atoms with van der Waals surface area (Å²) >= 11 is -2.35. The number of piperazine rings is 1. The van der Waals surface area contributed by atoms with E-state index in [0.717, 1.165) is 6.54 Å². The first-order valence-electron chi connectivity index (χ1n) is 11.5. The Hall–Kier alpha value is -0.131. The molecule has 0 radical (unpaired) electrons. The summed E-state index contributed by atoms with van der Waals surface area (Å²) in [5.41, 5.74) is 1.41. The van der Waals surface area contributed by atoms with Crippen molar-refractivity contribution in [2.24, 2.45) is 0 Å². The molecule has 0 bridgehead atoms. The Morgan fingerprint density at radius 3 is 1.85 bits per heavy atom.